The first kappa shape index (κ1) is 22.1. The molecule has 0 fully saturated rings. The highest BCUT2D eigenvalue weighted by Crippen LogP contribution is 2.16. The number of benzene rings is 2. The van der Waals surface area contributed by atoms with Crippen LogP contribution in [0, 0.1) is 5.41 Å². The molecule has 3 N–H and O–H groups in total. The Morgan fingerprint density at radius 2 is 1.55 bits per heavy atom. The van der Waals surface area contributed by atoms with Crippen LogP contribution in [0.4, 0.5) is 5.69 Å². The molecule has 6 heteroatoms. The maximum Gasteiger partial charge on any atom is 0.253 e. The molecule has 0 aromatic heterocycles. The minimum atomic E-state index is -0.726. The molecule has 0 heterocycles. The number of carbonyl (C=O) groups is 3. The number of para-hydroxylation sites is 1. The number of hydrogen-bond acceptors (Lipinski definition) is 3. The van der Waals surface area contributed by atoms with Crippen LogP contribution in [-0.2, 0) is 16.0 Å². The van der Waals surface area contributed by atoms with Crippen molar-refractivity contribution >= 4 is 23.4 Å². The maximum absolute atomic E-state index is 12.6. The first-order chi connectivity index (χ1) is 13.7. The highest BCUT2D eigenvalue weighted by atomic mass is 16.2. The predicted molar refractivity (Wildman–Crippen MR) is 115 cm³/mol. The lowest BCUT2D eigenvalue weighted by molar-refractivity contribution is -0.131. The number of carbonyl (C=O) groups excluding carboxylic acids is 3. The molecule has 0 saturated carbocycles. The smallest absolute Gasteiger partial charge is 0.253 e. The van der Waals surface area contributed by atoms with Gasteiger partial charge in [0.1, 0.15) is 6.04 Å². The average molecular weight is 396 g/mol. The Labute approximate surface area is 172 Å². The van der Waals surface area contributed by atoms with E-state index >= 15 is 0 Å². The summed E-state index contributed by atoms with van der Waals surface area (Å²) in [5, 5.41) is 8.31. The van der Waals surface area contributed by atoms with Crippen LogP contribution in [0.5, 0.6) is 0 Å². The molecule has 2 rings (SSSR count). The van der Waals surface area contributed by atoms with Crippen LogP contribution in [-0.4, -0.2) is 30.3 Å². The molecule has 154 valence electrons. The van der Waals surface area contributed by atoms with Crippen LogP contribution in [0.2, 0.25) is 0 Å². The minimum Gasteiger partial charge on any atom is -0.352 e. The lowest BCUT2D eigenvalue weighted by Crippen LogP contribution is -2.46. The van der Waals surface area contributed by atoms with Gasteiger partial charge in [0.25, 0.3) is 5.91 Å². The molecule has 0 aliphatic carbocycles. The molecule has 29 heavy (non-hydrogen) atoms. The first-order valence-corrected chi connectivity index (χ1v) is 9.71. The summed E-state index contributed by atoms with van der Waals surface area (Å²) in [6.45, 7) is 7.44. The largest absolute Gasteiger partial charge is 0.352 e. The zero-order valence-corrected chi connectivity index (χ0v) is 17.4. The van der Waals surface area contributed by atoms with Gasteiger partial charge in [-0.3, -0.25) is 14.4 Å². The summed E-state index contributed by atoms with van der Waals surface area (Å²) in [5.41, 5.74) is 1.33. The standard InChI is InChI=1S/C23H29N3O3/c1-16(25-22(29)23(2,3)4)20(27)26-19-13-9-8-12-18(19)21(28)24-15-14-17-10-6-5-7-11-17/h5-13,16H,14-15H2,1-4H3,(H,24,28)(H,25,29)(H,26,27). The monoisotopic (exact) mass is 395 g/mol. The first-order valence-electron chi connectivity index (χ1n) is 9.71. The number of hydrogen-bond donors (Lipinski definition) is 3. The van der Waals surface area contributed by atoms with Crippen molar-refractivity contribution in [3.8, 4) is 0 Å². The normalized spacial score (nSPS) is 12.0. The van der Waals surface area contributed by atoms with Crippen molar-refractivity contribution < 1.29 is 14.4 Å². The van der Waals surface area contributed by atoms with Crippen molar-refractivity contribution in [1.29, 1.82) is 0 Å². The highest BCUT2D eigenvalue weighted by molar-refractivity contribution is 6.05. The summed E-state index contributed by atoms with van der Waals surface area (Å²) in [7, 11) is 0. The maximum atomic E-state index is 12.6. The number of nitrogens with one attached hydrogen (secondary N) is 3. The van der Waals surface area contributed by atoms with Gasteiger partial charge in [-0.05, 0) is 31.0 Å². The lowest BCUT2D eigenvalue weighted by atomic mass is 9.95. The molecule has 0 saturated heterocycles. The fourth-order valence-electron chi connectivity index (χ4n) is 2.57. The van der Waals surface area contributed by atoms with Crippen molar-refractivity contribution in [3.05, 3.63) is 65.7 Å². The van der Waals surface area contributed by atoms with E-state index in [2.05, 4.69) is 16.0 Å². The molecule has 1 unspecified atom stereocenters. The van der Waals surface area contributed by atoms with Gasteiger partial charge in [0, 0.05) is 12.0 Å². The van der Waals surface area contributed by atoms with Crippen LogP contribution in [0.25, 0.3) is 0 Å². The van der Waals surface area contributed by atoms with E-state index in [-0.39, 0.29) is 17.7 Å². The second-order valence-electron chi connectivity index (χ2n) is 7.97. The molecule has 0 radical (unpaired) electrons. The summed E-state index contributed by atoms with van der Waals surface area (Å²) >= 11 is 0. The fourth-order valence-corrected chi connectivity index (χ4v) is 2.57. The molecule has 2 aromatic rings. The van der Waals surface area contributed by atoms with E-state index < -0.39 is 11.5 Å². The third-order valence-electron chi connectivity index (χ3n) is 4.39. The Kier molecular flexibility index (Phi) is 7.53. The Bertz CT molecular complexity index is 857. The molecule has 6 nitrogen and oxygen atoms in total. The molecule has 0 aliphatic rings. The second kappa shape index (κ2) is 9.87. The fraction of sp³-hybridized carbons (Fsp3) is 0.348. The van der Waals surface area contributed by atoms with E-state index in [9.17, 15) is 14.4 Å². The van der Waals surface area contributed by atoms with Gasteiger partial charge in [-0.15, -0.1) is 0 Å². The molecule has 0 aliphatic heterocycles. The van der Waals surface area contributed by atoms with Crippen molar-refractivity contribution in [3.63, 3.8) is 0 Å². The van der Waals surface area contributed by atoms with Gasteiger partial charge in [0.05, 0.1) is 11.3 Å². The zero-order valence-electron chi connectivity index (χ0n) is 17.4. The number of amides is 3. The summed E-state index contributed by atoms with van der Waals surface area (Å²) in [6.07, 6.45) is 0.719. The van der Waals surface area contributed by atoms with Crippen molar-refractivity contribution in [1.82, 2.24) is 10.6 Å². The Hall–Kier alpha value is -3.15. The van der Waals surface area contributed by atoms with Crippen LogP contribution >= 0.6 is 0 Å². The SMILES string of the molecule is CC(NC(=O)C(C)(C)C)C(=O)Nc1ccccc1C(=O)NCCc1ccccc1. The summed E-state index contributed by atoms with van der Waals surface area (Å²) < 4.78 is 0. The zero-order chi connectivity index (χ0) is 21.4. The Balaban J connectivity index is 1.97. The van der Waals surface area contributed by atoms with E-state index in [1.54, 1.807) is 52.0 Å². The van der Waals surface area contributed by atoms with Gasteiger partial charge in [-0.2, -0.15) is 0 Å². The summed E-state index contributed by atoms with van der Waals surface area (Å²) in [4.78, 5) is 37.2. The Morgan fingerprint density at radius 1 is 0.931 bits per heavy atom. The average Bonchev–Trinajstić information content (AvgIpc) is 2.68. The molecule has 2 aromatic carbocycles. The third-order valence-corrected chi connectivity index (χ3v) is 4.39. The van der Waals surface area contributed by atoms with Gasteiger partial charge in [-0.25, -0.2) is 0 Å². The molecule has 0 spiro atoms. The Morgan fingerprint density at radius 3 is 2.21 bits per heavy atom. The molecule has 1 atom stereocenters. The second-order valence-corrected chi connectivity index (χ2v) is 7.97. The summed E-state index contributed by atoms with van der Waals surface area (Å²) in [5.74, 6) is -0.859. The van der Waals surface area contributed by atoms with Crippen molar-refractivity contribution in [2.75, 3.05) is 11.9 Å². The predicted octanol–water partition coefficient (Wildman–Crippen LogP) is 3.15. The van der Waals surface area contributed by atoms with E-state index in [4.69, 9.17) is 0 Å². The molecule has 3 amide bonds. The quantitative estimate of drug-likeness (QED) is 0.673. The van der Waals surface area contributed by atoms with Crippen LogP contribution in [0.3, 0.4) is 0 Å². The van der Waals surface area contributed by atoms with Crippen LogP contribution in [0.1, 0.15) is 43.6 Å². The van der Waals surface area contributed by atoms with Gasteiger partial charge in [0.15, 0.2) is 0 Å². The molecule has 0 bridgehead atoms. The van der Waals surface area contributed by atoms with E-state index in [1.165, 1.54) is 0 Å². The van der Waals surface area contributed by atoms with E-state index in [0.717, 1.165) is 12.0 Å². The molecular formula is C23H29N3O3. The highest BCUT2D eigenvalue weighted by Gasteiger charge is 2.25. The van der Waals surface area contributed by atoms with Crippen molar-refractivity contribution in [2.24, 2.45) is 5.41 Å². The van der Waals surface area contributed by atoms with E-state index in [0.29, 0.717) is 17.8 Å². The van der Waals surface area contributed by atoms with Gasteiger partial charge >= 0.3 is 0 Å². The number of rotatable bonds is 7. The topological polar surface area (TPSA) is 87.3 Å². The summed E-state index contributed by atoms with van der Waals surface area (Å²) in [6, 6.07) is 16.0. The van der Waals surface area contributed by atoms with Crippen LogP contribution < -0.4 is 16.0 Å². The molecular weight excluding hydrogens is 366 g/mol. The van der Waals surface area contributed by atoms with Crippen LogP contribution in [0.15, 0.2) is 54.6 Å². The van der Waals surface area contributed by atoms with E-state index in [1.807, 2.05) is 30.3 Å². The van der Waals surface area contributed by atoms with Gasteiger partial charge in [0.2, 0.25) is 11.8 Å². The van der Waals surface area contributed by atoms with Gasteiger partial charge < -0.3 is 16.0 Å². The van der Waals surface area contributed by atoms with Crippen molar-refractivity contribution in [2.45, 2.75) is 40.2 Å². The third kappa shape index (κ3) is 6.75. The van der Waals surface area contributed by atoms with Gasteiger partial charge in [-0.1, -0.05) is 63.2 Å². The number of anilines is 1. The minimum absolute atomic E-state index is 0.216. The lowest BCUT2D eigenvalue weighted by Gasteiger charge is -2.21.